The van der Waals surface area contributed by atoms with Crippen molar-refractivity contribution in [2.75, 3.05) is 0 Å². The first-order valence-electron chi connectivity index (χ1n) is 3.20. The Morgan fingerprint density at radius 1 is 1.55 bits per heavy atom. The van der Waals surface area contributed by atoms with E-state index in [1.807, 2.05) is 11.4 Å². The quantitative estimate of drug-likeness (QED) is 0.692. The molecular formula is C7H6N2OS. The Kier molecular flexibility index (Phi) is 1.56. The normalized spacial score (nSPS) is 10.6. The molecule has 0 atom stereocenters. The number of aromatic nitrogens is 2. The molecule has 0 unspecified atom stereocenters. The van der Waals surface area contributed by atoms with Gasteiger partial charge in [-0.25, -0.2) is 0 Å². The molecule has 3 nitrogen and oxygen atoms in total. The Morgan fingerprint density at radius 2 is 2.45 bits per heavy atom. The molecule has 0 amide bonds. The molecule has 0 spiro atoms. The van der Waals surface area contributed by atoms with Crippen LogP contribution in [0, 0.1) is 0 Å². The van der Waals surface area contributed by atoms with Gasteiger partial charge in [0, 0.05) is 5.39 Å². The summed E-state index contributed by atoms with van der Waals surface area (Å²) >= 11 is 1.58. The van der Waals surface area contributed by atoms with Gasteiger partial charge < -0.3 is 5.11 Å². The van der Waals surface area contributed by atoms with E-state index < -0.39 is 0 Å². The number of hydrogen-bond donors (Lipinski definition) is 1. The molecule has 56 valence electrons. The highest BCUT2D eigenvalue weighted by atomic mass is 32.1. The summed E-state index contributed by atoms with van der Waals surface area (Å²) in [7, 11) is 0. The van der Waals surface area contributed by atoms with E-state index in [9.17, 15) is 0 Å². The average molecular weight is 166 g/mol. The molecule has 0 radical (unpaired) electrons. The molecule has 4 heteroatoms. The van der Waals surface area contributed by atoms with E-state index in [0.717, 1.165) is 10.1 Å². The molecule has 0 aromatic carbocycles. The van der Waals surface area contributed by atoms with Gasteiger partial charge in [0.2, 0.25) is 0 Å². The number of thiophene rings is 1. The Morgan fingerprint density at radius 3 is 3.27 bits per heavy atom. The third-order valence-corrected chi connectivity index (χ3v) is 2.46. The molecule has 0 saturated carbocycles. The molecule has 0 aliphatic carbocycles. The SMILES string of the molecule is OCc1nncc2ccsc12. The fourth-order valence-corrected chi connectivity index (χ4v) is 1.81. The Labute approximate surface area is 67.3 Å². The summed E-state index contributed by atoms with van der Waals surface area (Å²) in [5.41, 5.74) is 0.664. The summed E-state index contributed by atoms with van der Waals surface area (Å²) in [6.07, 6.45) is 1.70. The Hall–Kier alpha value is -1.00. The Balaban J connectivity index is 2.79. The van der Waals surface area contributed by atoms with Crippen molar-refractivity contribution in [3.63, 3.8) is 0 Å². The van der Waals surface area contributed by atoms with Gasteiger partial charge in [0.25, 0.3) is 0 Å². The van der Waals surface area contributed by atoms with E-state index in [4.69, 9.17) is 5.11 Å². The zero-order chi connectivity index (χ0) is 7.68. The molecule has 2 aromatic heterocycles. The lowest BCUT2D eigenvalue weighted by Crippen LogP contribution is -1.90. The second kappa shape index (κ2) is 2.56. The lowest BCUT2D eigenvalue weighted by molar-refractivity contribution is 0.277. The summed E-state index contributed by atoms with van der Waals surface area (Å²) in [6.45, 7) is -0.0369. The van der Waals surface area contributed by atoms with Crippen LogP contribution in [0.3, 0.4) is 0 Å². The summed E-state index contributed by atoms with van der Waals surface area (Å²) < 4.78 is 1.03. The lowest BCUT2D eigenvalue weighted by atomic mass is 10.3. The second-order valence-corrected chi connectivity index (χ2v) is 3.07. The van der Waals surface area contributed by atoms with Gasteiger partial charge >= 0.3 is 0 Å². The number of hydrogen-bond acceptors (Lipinski definition) is 4. The highest BCUT2D eigenvalue weighted by Gasteiger charge is 2.01. The van der Waals surface area contributed by atoms with Crippen LogP contribution in [0.15, 0.2) is 17.6 Å². The maximum Gasteiger partial charge on any atom is 0.106 e. The smallest absolute Gasteiger partial charge is 0.106 e. The number of fused-ring (bicyclic) bond motifs is 1. The van der Waals surface area contributed by atoms with E-state index >= 15 is 0 Å². The first kappa shape index (κ1) is 6.69. The van der Waals surface area contributed by atoms with E-state index in [2.05, 4.69) is 10.2 Å². The maximum absolute atomic E-state index is 8.86. The molecule has 0 aliphatic heterocycles. The van der Waals surface area contributed by atoms with Gasteiger partial charge in [0.05, 0.1) is 17.5 Å². The monoisotopic (exact) mass is 166 g/mol. The third-order valence-electron chi connectivity index (χ3n) is 1.48. The van der Waals surface area contributed by atoms with Crippen LogP contribution in [-0.4, -0.2) is 15.3 Å². The van der Waals surface area contributed by atoms with Crippen molar-refractivity contribution in [1.29, 1.82) is 0 Å². The summed E-state index contributed by atoms with van der Waals surface area (Å²) in [6, 6.07) is 1.97. The summed E-state index contributed by atoms with van der Waals surface area (Å²) in [4.78, 5) is 0. The number of aliphatic hydroxyl groups is 1. The number of nitrogens with zero attached hydrogens (tertiary/aromatic N) is 2. The van der Waals surface area contributed by atoms with Gasteiger partial charge in [0.1, 0.15) is 5.69 Å². The first-order valence-corrected chi connectivity index (χ1v) is 4.08. The molecule has 1 N–H and O–H groups in total. The molecular weight excluding hydrogens is 160 g/mol. The topological polar surface area (TPSA) is 46.0 Å². The largest absolute Gasteiger partial charge is 0.390 e. The van der Waals surface area contributed by atoms with Crippen LogP contribution in [0.2, 0.25) is 0 Å². The first-order chi connectivity index (χ1) is 5.42. The van der Waals surface area contributed by atoms with Crippen LogP contribution in [0.25, 0.3) is 10.1 Å². The van der Waals surface area contributed by atoms with Gasteiger partial charge in [-0.2, -0.15) is 10.2 Å². The van der Waals surface area contributed by atoms with Crippen molar-refractivity contribution >= 4 is 21.4 Å². The van der Waals surface area contributed by atoms with Crippen LogP contribution in [0.1, 0.15) is 5.69 Å². The summed E-state index contributed by atoms with van der Waals surface area (Å²) in [5, 5.41) is 19.4. The molecule has 2 aromatic rings. The predicted octanol–water partition coefficient (Wildman–Crippen LogP) is 1.18. The van der Waals surface area contributed by atoms with Crippen molar-refractivity contribution in [3.05, 3.63) is 23.3 Å². The fourth-order valence-electron chi connectivity index (χ4n) is 0.965. The van der Waals surface area contributed by atoms with Crippen LogP contribution in [0.5, 0.6) is 0 Å². The minimum Gasteiger partial charge on any atom is -0.390 e. The number of rotatable bonds is 1. The van der Waals surface area contributed by atoms with Crippen LogP contribution >= 0.6 is 11.3 Å². The van der Waals surface area contributed by atoms with E-state index in [1.165, 1.54) is 0 Å². The van der Waals surface area contributed by atoms with E-state index in [1.54, 1.807) is 17.5 Å². The molecule has 2 heterocycles. The van der Waals surface area contributed by atoms with Crippen LogP contribution in [0.4, 0.5) is 0 Å². The standard InChI is InChI=1S/C7H6N2OS/c10-4-6-7-5(1-2-11-7)3-8-9-6/h1-3,10H,4H2. The van der Waals surface area contributed by atoms with Crippen molar-refractivity contribution < 1.29 is 5.11 Å². The number of aliphatic hydroxyl groups excluding tert-OH is 1. The molecule has 0 fully saturated rings. The molecule has 0 saturated heterocycles. The van der Waals surface area contributed by atoms with Gasteiger partial charge in [-0.3, -0.25) is 0 Å². The van der Waals surface area contributed by atoms with Crippen molar-refractivity contribution in [3.8, 4) is 0 Å². The van der Waals surface area contributed by atoms with Crippen LogP contribution in [-0.2, 0) is 6.61 Å². The van der Waals surface area contributed by atoms with E-state index in [-0.39, 0.29) is 6.61 Å². The highest BCUT2D eigenvalue weighted by Crippen LogP contribution is 2.21. The minimum atomic E-state index is -0.0369. The van der Waals surface area contributed by atoms with Crippen molar-refractivity contribution in [1.82, 2.24) is 10.2 Å². The van der Waals surface area contributed by atoms with E-state index in [0.29, 0.717) is 5.69 Å². The zero-order valence-corrected chi connectivity index (χ0v) is 6.51. The molecule has 0 bridgehead atoms. The maximum atomic E-state index is 8.86. The van der Waals surface area contributed by atoms with Gasteiger partial charge in [0.15, 0.2) is 0 Å². The van der Waals surface area contributed by atoms with Gasteiger partial charge in [-0.05, 0) is 11.4 Å². The summed E-state index contributed by atoms with van der Waals surface area (Å²) in [5.74, 6) is 0. The highest BCUT2D eigenvalue weighted by molar-refractivity contribution is 7.17. The molecule has 0 aliphatic rings. The van der Waals surface area contributed by atoms with Crippen molar-refractivity contribution in [2.24, 2.45) is 0 Å². The zero-order valence-electron chi connectivity index (χ0n) is 5.69. The van der Waals surface area contributed by atoms with Gasteiger partial charge in [-0.1, -0.05) is 0 Å². The average Bonchev–Trinajstić information content (AvgIpc) is 2.50. The lowest BCUT2D eigenvalue weighted by Gasteiger charge is -1.93. The second-order valence-electron chi connectivity index (χ2n) is 2.15. The molecule has 2 rings (SSSR count). The minimum absolute atomic E-state index is 0.0369. The third kappa shape index (κ3) is 1.00. The fraction of sp³-hybridized carbons (Fsp3) is 0.143. The molecule has 11 heavy (non-hydrogen) atoms. The predicted molar refractivity (Wildman–Crippen MR) is 43.3 cm³/mol. The van der Waals surface area contributed by atoms with Crippen molar-refractivity contribution in [2.45, 2.75) is 6.61 Å². The van der Waals surface area contributed by atoms with Crippen LogP contribution < -0.4 is 0 Å². The Bertz CT molecular complexity index is 371. The van der Waals surface area contributed by atoms with Gasteiger partial charge in [-0.15, -0.1) is 11.3 Å².